The lowest BCUT2D eigenvalue weighted by Gasteiger charge is -2.37. The molecule has 2 heterocycles. The van der Waals surface area contributed by atoms with Gasteiger partial charge in [0.25, 0.3) is 0 Å². The third-order valence-electron chi connectivity index (χ3n) is 4.56. The van der Waals surface area contributed by atoms with E-state index in [4.69, 9.17) is 9.47 Å². The maximum absolute atomic E-state index is 12.6. The second-order valence-electron chi connectivity index (χ2n) is 6.35. The lowest BCUT2D eigenvalue weighted by atomic mass is 9.92. The average Bonchev–Trinajstić information content (AvgIpc) is 2.54. The van der Waals surface area contributed by atoms with E-state index >= 15 is 0 Å². The van der Waals surface area contributed by atoms with Gasteiger partial charge in [-0.15, -0.1) is 0 Å². The van der Waals surface area contributed by atoms with Gasteiger partial charge in [-0.2, -0.15) is 0 Å². The second kappa shape index (κ2) is 6.26. The minimum absolute atomic E-state index is 0.0365. The summed E-state index contributed by atoms with van der Waals surface area (Å²) >= 11 is 0. The number of aliphatic hydroxyl groups is 1. The van der Waals surface area contributed by atoms with Crippen molar-refractivity contribution in [3.63, 3.8) is 0 Å². The predicted octanol–water partition coefficient (Wildman–Crippen LogP) is 1.24. The first kappa shape index (κ1) is 15.3. The van der Waals surface area contributed by atoms with Crippen molar-refractivity contribution in [2.75, 3.05) is 33.4 Å². The van der Waals surface area contributed by atoms with Gasteiger partial charge >= 0.3 is 0 Å². The fraction of sp³-hybridized carbons (Fsp3) is 0.588. The summed E-state index contributed by atoms with van der Waals surface area (Å²) < 4.78 is 11.0. The van der Waals surface area contributed by atoms with Crippen LogP contribution in [0.25, 0.3) is 0 Å². The molecule has 1 saturated heterocycles. The Labute approximate surface area is 130 Å². The Bertz CT molecular complexity index is 539. The van der Waals surface area contributed by atoms with Crippen molar-refractivity contribution in [2.24, 2.45) is 5.92 Å². The quantitative estimate of drug-likeness (QED) is 0.913. The number of likely N-dealkylation sites (N-methyl/N-ethyl adjacent to an activating group) is 1. The minimum atomic E-state index is -0.823. The number of nitrogens with zero attached hydrogens (tertiary/aromatic N) is 1. The lowest BCUT2D eigenvalue weighted by Crippen LogP contribution is -2.49. The SMILES string of the molecule is CN(CC1(O)CCOCC1)C(=O)C1COc2ccccc2C1. The fourth-order valence-electron chi connectivity index (χ4n) is 3.23. The summed E-state index contributed by atoms with van der Waals surface area (Å²) in [7, 11) is 1.76. The molecule has 0 aliphatic carbocycles. The minimum Gasteiger partial charge on any atom is -0.492 e. The van der Waals surface area contributed by atoms with Gasteiger partial charge in [0, 0.05) is 39.6 Å². The molecular weight excluding hydrogens is 282 g/mol. The highest BCUT2D eigenvalue weighted by atomic mass is 16.5. The summed E-state index contributed by atoms with van der Waals surface area (Å²) in [5.74, 6) is 0.732. The van der Waals surface area contributed by atoms with Gasteiger partial charge in [0.2, 0.25) is 5.91 Å². The molecule has 0 bridgehead atoms. The van der Waals surface area contributed by atoms with Crippen LogP contribution in [0, 0.1) is 5.92 Å². The number of carbonyl (C=O) groups excluding carboxylic acids is 1. The first-order valence-electron chi connectivity index (χ1n) is 7.83. The molecule has 0 radical (unpaired) electrons. The van der Waals surface area contributed by atoms with Crippen LogP contribution in [0.5, 0.6) is 5.75 Å². The number of rotatable bonds is 3. The van der Waals surface area contributed by atoms with E-state index in [1.165, 1.54) is 0 Å². The Balaban J connectivity index is 1.62. The number of amides is 1. The first-order valence-corrected chi connectivity index (χ1v) is 7.83. The monoisotopic (exact) mass is 305 g/mol. The summed E-state index contributed by atoms with van der Waals surface area (Å²) in [4.78, 5) is 14.3. The van der Waals surface area contributed by atoms with Gasteiger partial charge in [-0.25, -0.2) is 0 Å². The maximum atomic E-state index is 12.6. The van der Waals surface area contributed by atoms with Crippen LogP contribution < -0.4 is 4.74 Å². The van der Waals surface area contributed by atoms with Crippen molar-refractivity contribution in [1.82, 2.24) is 4.90 Å². The highest BCUT2D eigenvalue weighted by molar-refractivity contribution is 5.79. The number of carbonyl (C=O) groups is 1. The molecule has 22 heavy (non-hydrogen) atoms. The lowest BCUT2D eigenvalue weighted by molar-refractivity contribution is -0.142. The standard InChI is InChI=1S/C17H23NO4/c1-18(12-17(20)6-8-21-9-7-17)16(19)14-10-13-4-2-3-5-15(13)22-11-14/h2-5,14,20H,6-12H2,1H3. The van der Waals surface area contributed by atoms with Crippen molar-refractivity contribution in [3.8, 4) is 5.75 Å². The molecule has 120 valence electrons. The number of fused-ring (bicyclic) bond motifs is 1. The Morgan fingerprint density at radius 3 is 2.86 bits per heavy atom. The van der Waals surface area contributed by atoms with Crippen LogP contribution in [-0.2, 0) is 16.0 Å². The van der Waals surface area contributed by atoms with Crippen molar-refractivity contribution < 1.29 is 19.4 Å². The predicted molar refractivity (Wildman–Crippen MR) is 81.8 cm³/mol. The Morgan fingerprint density at radius 2 is 2.09 bits per heavy atom. The molecule has 5 heteroatoms. The summed E-state index contributed by atoms with van der Waals surface area (Å²) in [5, 5.41) is 10.5. The molecule has 3 rings (SSSR count). The zero-order chi connectivity index (χ0) is 15.6. The molecule has 0 aromatic heterocycles. The van der Waals surface area contributed by atoms with Gasteiger partial charge in [0.05, 0.1) is 11.5 Å². The van der Waals surface area contributed by atoms with E-state index in [-0.39, 0.29) is 11.8 Å². The second-order valence-corrected chi connectivity index (χ2v) is 6.35. The molecule has 1 aromatic rings. The van der Waals surface area contributed by atoms with E-state index in [0.29, 0.717) is 45.6 Å². The van der Waals surface area contributed by atoms with Crippen LogP contribution >= 0.6 is 0 Å². The molecule has 1 amide bonds. The van der Waals surface area contributed by atoms with Crippen molar-refractivity contribution in [3.05, 3.63) is 29.8 Å². The van der Waals surface area contributed by atoms with Crippen LogP contribution in [-0.4, -0.2) is 54.9 Å². The topological polar surface area (TPSA) is 59.0 Å². The van der Waals surface area contributed by atoms with Gasteiger partial charge in [-0.1, -0.05) is 18.2 Å². The third kappa shape index (κ3) is 3.25. The van der Waals surface area contributed by atoms with E-state index in [0.717, 1.165) is 11.3 Å². The summed E-state index contributed by atoms with van der Waals surface area (Å²) in [5.41, 5.74) is 0.251. The van der Waals surface area contributed by atoms with Crippen molar-refractivity contribution in [1.29, 1.82) is 0 Å². The largest absolute Gasteiger partial charge is 0.492 e. The van der Waals surface area contributed by atoms with Crippen molar-refractivity contribution >= 4 is 5.91 Å². The van der Waals surface area contributed by atoms with Gasteiger partial charge < -0.3 is 19.5 Å². The van der Waals surface area contributed by atoms with E-state index < -0.39 is 5.60 Å². The van der Waals surface area contributed by atoms with E-state index in [9.17, 15) is 9.90 Å². The first-order chi connectivity index (χ1) is 10.6. The third-order valence-corrected chi connectivity index (χ3v) is 4.56. The molecule has 2 aliphatic rings. The highest BCUT2D eigenvalue weighted by Gasteiger charge is 2.35. The number of ether oxygens (including phenoxy) is 2. The van der Waals surface area contributed by atoms with Crippen LogP contribution in [0.15, 0.2) is 24.3 Å². The molecular formula is C17H23NO4. The summed E-state index contributed by atoms with van der Waals surface area (Å²) in [6.07, 6.45) is 1.85. The van der Waals surface area contributed by atoms with Crippen molar-refractivity contribution in [2.45, 2.75) is 24.9 Å². The number of hydrogen-bond acceptors (Lipinski definition) is 4. The van der Waals surface area contributed by atoms with Gasteiger partial charge in [-0.3, -0.25) is 4.79 Å². The average molecular weight is 305 g/mol. The number of para-hydroxylation sites is 1. The van der Waals surface area contributed by atoms with E-state index in [1.807, 2.05) is 24.3 Å². The molecule has 1 atom stereocenters. The Kier molecular flexibility index (Phi) is 4.36. The summed E-state index contributed by atoms with van der Waals surface area (Å²) in [6.45, 7) is 1.87. The maximum Gasteiger partial charge on any atom is 0.229 e. The number of hydrogen-bond donors (Lipinski definition) is 1. The van der Waals surface area contributed by atoms with E-state index in [1.54, 1.807) is 11.9 Å². The highest BCUT2D eigenvalue weighted by Crippen LogP contribution is 2.28. The van der Waals surface area contributed by atoms with Gasteiger partial charge in [0.1, 0.15) is 12.4 Å². The molecule has 1 fully saturated rings. The Hall–Kier alpha value is -1.59. The molecule has 1 aromatic carbocycles. The van der Waals surface area contributed by atoms with Crippen LogP contribution in [0.1, 0.15) is 18.4 Å². The number of benzene rings is 1. The normalized spacial score (nSPS) is 23.3. The summed E-state index contributed by atoms with van der Waals surface area (Å²) in [6, 6.07) is 7.84. The molecule has 0 saturated carbocycles. The zero-order valence-corrected chi connectivity index (χ0v) is 13.0. The molecule has 1 N–H and O–H groups in total. The fourth-order valence-corrected chi connectivity index (χ4v) is 3.23. The Morgan fingerprint density at radius 1 is 1.36 bits per heavy atom. The molecule has 5 nitrogen and oxygen atoms in total. The van der Waals surface area contributed by atoms with Gasteiger partial charge in [0.15, 0.2) is 0 Å². The van der Waals surface area contributed by atoms with Crippen LogP contribution in [0.4, 0.5) is 0 Å². The zero-order valence-electron chi connectivity index (χ0n) is 13.0. The molecule has 2 aliphatic heterocycles. The van der Waals surface area contributed by atoms with Crippen LogP contribution in [0.3, 0.4) is 0 Å². The van der Waals surface area contributed by atoms with Crippen LogP contribution in [0.2, 0.25) is 0 Å². The smallest absolute Gasteiger partial charge is 0.229 e. The molecule has 1 unspecified atom stereocenters. The van der Waals surface area contributed by atoms with E-state index in [2.05, 4.69) is 0 Å². The molecule has 0 spiro atoms. The van der Waals surface area contributed by atoms with Gasteiger partial charge in [-0.05, 0) is 18.1 Å².